The van der Waals surface area contributed by atoms with Crippen LogP contribution in [0.1, 0.15) is 11.5 Å². The minimum Gasteiger partial charge on any atom is -0.463 e. The molecule has 0 aromatic carbocycles. The van der Waals surface area contributed by atoms with Gasteiger partial charge in [-0.05, 0) is 22.4 Å². The van der Waals surface area contributed by atoms with Crippen molar-refractivity contribution in [2.75, 3.05) is 5.73 Å². The fourth-order valence-corrected chi connectivity index (χ4v) is 0.933. The topological polar surface area (TPSA) is 129 Å². The van der Waals surface area contributed by atoms with Crippen molar-refractivity contribution in [1.29, 1.82) is 0 Å². The van der Waals surface area contributed by atoms with Crippen LogP contribution in [0.2, 0.25) is 0 Å². The molecule has 2 aromatic heterocycles. The average Bonchev–Trinajstić information content (AvgIpc) is 2.88. The lowest BCUT2D eigenvalue weighted by atomic mass is 10.4. The summed E-state index contributed by atoms with van der Waals surface area (Å²) < 4.78 is 9.36. The van der Waals surface area contributed by atoms with Crippen LogP contribution in [0.15, 0.2) is 37.6 Å². The van der Waals surface area contributed by atoms with Gasteiger partial charge in [0.05, 0.1) is 12.5 Å². The molecule has 0 atom stereocenters. The second kappa shape index (κ2) is 4.26. The van der Waals surface area contributed by atoms with Gasteiger partial charge in [-0.15, -0.1) is 5.10 Å². The smallest absolute Gasteiger partial charge is 0.199 e. The molecular weight excluding hydrogens is 212 g/mol. The summed E-state index contributed by atoms with van der Waals surface area (Å²) in [7, 11) is 0. The Balaban J connectivity index is 2.11. The molecule has 0 spiro atoms. The number of aromatic nitrogens is 2. The van der Waals surface area contributed by atoms with Crippen molar-refractivity contribution in [3.63, 3.8) is 0 Å². The maximum atomic E-state index is 5.54. The van der Waals surface area contributed by atoms with Crippen molar-refractivity contribution in [3.05, 3.63) is 29.9 Å². The lowest BCUT2D eigenvalue weighted by Crippen LogP contribution is -2.15. The summed E-state index contributed by atoms with van der Waals surface area (Å²) >= 11 is 0. The maximum absolute atomic E-state index is 5.54. The molecule has 0 aliphatic heterocycles. The van der Waals surface area contributed by atoms with Crippen molar-refractivity contribution in [3.8, 4) is 0 Å². The Morgan fingerprint density at radius 2 is 2.31 bits per heavy atom. The molecule has 2 aromatic rings. The largest absolute Gasteiger partial charge is 0.463 e. The highest BCUT2D eigenvalue weighted by Crippen LogP contribution is 2.03. The summed E-state index contributed by atoms with van der Waals surface area (Å²) in [6.45, 7) is 0. The first kappa shape index (κ1) is 9.90. The summed E-state index contributed by atoms with van der Waals surface area (Å²) in [6, 6.07) is 3.45. The summed E-state index contributed by atoms with van der Waals surface area (Å²) in [4.78, 5) is 0. The fourth-order valence-electron chi connectivity index (χ4n) is 0.933. The van der Waals surface area contributed by atoms with E-state index in [9.17, 15) is 0 Å². The van der Waals surface area contributed by atoms with E-state index in [1.807, 2.05) is 0 Å². The van der Waals surface area contributed by atoms with Crippen molar-refractivity contribution < 1.29 is 9.05 Å². The number of rotatable bonds is 3. The molecule has 0 aliphatic carbocycles. The molecule has 16 heavy (non-hydrogen) atoms. The van der Waals surface area contributed by atoms with Crippen molar-refractivity contribution >= 4 is 17.9 Å². The maximum Gasteiger partial charge on any atom is 0.199 e. The second-order valence-electron chi connectivity index (χ2n) is 2.74. The van der Waals surface area contributed by atoms with Crippen LogP contribution in [-0.4, -0.2) is 22.4 Å². The van der Waals surface area contributed by atoms with E-state index in [0.29, 0.717) is 5.76 Å². The Labute approximate surface area is 89.6 Å². The molecule has 0 radical (unpaired) electrons. The van der Waals surface area contributed by atoms with Gasteiger partial charge in [0.1, 0.15) is 5.76 Å². The molecule has 0 aliphatic rings. The molecule has 0 bridgehead atoms. The molecular formula is C8H8N6O2. The predicted molar refractivity (Wildman–Crippen MR) is 55.7 cm³/mol. The summed E-state index contributed by atoms with van der Waals surface area (Å²) in [5, 5.41) is 14.2. The number of nitrogens with two attached hydrogens (primary N) is 2. The number of amidine groups is 1. The Morgan fingerprint density at radius 1 is 1.44 bits per heavy atom. The third-order valence-corrected chi connectivity index (χ3v) is 1.65. The van der Waals surface area contributed by atoms with Gasteiger partial charge in [0.25, 0.3) is 0 Å². The van der Waals surface area contributed by atoms with Crippen LogP contribution in [0.3, 0.4) is 0 Å². The molecule has 2 heterocycles. The second-order valence-corrected chi connectivity index (χ2v) is 2.74. The van der Waals surface area contributed by atoms with E-state index in [0.717, 1.165) is 0 Å². The molecule has 82 valence electrons. The fraction of sp³-hybridized carbons (Fsp3) is 0. The molecule has 8 nitrogen and oxygen atoms in total. The highest BCUT2D eigenvalue weighted by molar-refractivity contribution is 5.99. The highest BCUT2D eigenvalue weighted by Gasteiger charge is 2.09. The van der Waals surface area contributed by atoms with Crippen molar-refractivity contribution in [2.45, 2.75) is 0 Å². The van der Waals surface area contributed by atoms with E-state index >= 15 is 0 Å². The lowest BCUT2D eigenvalue weighted by molar-refractivity contribution is 0.308. The molecule has 0 unspecified atom stereocenters. The van der Waals surface area contributed by atoms with Crippen LogP contribution >= 0.6 is 0 Å². The van der Waals surface area contributed by atoms with E-state index in [1.54, 1.807) is 12.1 Å². The third-order valence-electron chi connectivity index (χ3n) is 1.65. The monoisotopic (exact) mass is 220 g/mol. The van der Waals surface area contributed by atoms with E-state index < -0.39 is 0 Å². The zero-order chi connectivity index (χ0) is 11.4. The zero-order valence-electron chi connectivity index (χ0n) is 8.07. The molecule has 2 rings (SSSR count). The van der Waals surface area contributed by atoms with Gasteiger partial charge < -0.3 is 15.9 Å². The zero-order valence-corrected chi connectivity index (χ0v) is 8.07. The average molecular weight is 220 g/mol. The first-order valence-corrected chi connectivity index (χ1v) is 4.26. The van der Waals surface area contributed by atoms with Gasteiger partial charge >= 0.3 is 0 Å². The molecule has 8 heteroatoms. The van der Waals surface area contributed by atoms with E-state index in [-0.39, 0.29) is 17.3 Å². The predicted octanol–water partition coefficient (Wildman–Crippen LogP) is -0.0158. The first-order valence-electron chi connectivity index (χ1n) is 4.26. The van der Waals surface area contributed by atoms with Gasteiger partial charge in [-0.2, -0.15) is 5.10 Å². The third kappa shape index (κ3) is 2.05. The van der Waals surface area contributed by atoms with E-state index in [2.05, 4.69) is 25.1 Å². The number of hydrogen-bond donors (Lipinski definition) is 2. The number of anilines is 1. The van der Waals surface area contributed by atoms with E-state index in [1.165, 1.54) is 12.5 Å². The van der Waals surface area contributed by atoms with Gasteiger partial charge in [-0.25, -0.2) is 4.63 Å². The summed E-state index contributed by atoms with van der Waals surface area (Å²) in [5.74, 6) is 0.638. The number of nitrogen functional groups attached to an aromatic ring is 1. The summed E-state index contributed by atoms with van der Waals surface area (Å²) in [6.07, 6.45) is 2.92. The Hall–Kier alpha value is -2.64. The van der Waals surface area contributed by atoms with Gasteiger partial charge in [0.15, 0.2) is 17.3 Å². The number of nitrogens with zero attached hydrogens (tertiary/aromatic N) is 4. The Kier molecular flexibility index (Phi) is 2.63. The molecule has 0 saturated heterocycles. The van der Waals surface area contributed by atoms with Crippen LogP contribution < -0.4 is 11.5 Å². The van der Waals surface area contributed by atoms with E-state index in [4.69, 9.17) is 15.9 Å². The normalized spacial score (nSPS) is 12.4. The molecule has 0 amide bonds. The standard InChI is InChI=1S/C8H8N6O2/c9-7(6-8(10)14-16-13-6)12-11-4-5-2-1-3-15-5/h1-4H,(H2,9,12)(H2,10,14)/b11-4-. The van der Waals surface area contributed by atoms with Crippen molar-refractivity contribution in [2.24, 2.45) is 15.9 Å². The van der Waals surface area contributed by atoms with Crippen LogP contribution in [0.25, 0.3) is 0 Å². The van der Waals surface area contributed by atoms with Crippen LogP contribution in [0.5, 0.6) is 0 Å². The van der Waals surface area contributed by atoms with Gasteiger partial charge in [0, 0.05) is 0 Å². The van der Waals surface area contributed by atoms with Gasteiger partial charge in [-0.3, -0.25) is 0 Å². The van der Waals surface area contributed by atoms with Crippen LogP contribution in [0.4, 0.5) is 5.82 Å². The number of furan rings is 1. The Bertz CT molecular complexity index is 512. The minimum atomic E-state index is 0.0153. The summed E-state index contributed by atoms with van der Waals surface area (Å²) in [5.41, 5.74) is 11.1. The van der Waals surface area contributed by atoms with Crippen molar-refractivity contribution in [1.82, 2.24) is 10.3 Å². The minimum absolute atomic E-state index is 0.0153. The quantitative estimate of drug-likeness (QED) is 0.425. The molecule has 0 fully saturated rings. The first-order chi connectivity index (χ1) is 7.77. The molecule has 0 saturated carbocycles. The van der Waals surface area contributed by atoms with Gasteiger partial charge in [0.2, 0.25) is 0 Å². The van der Waals surface area contributed by atoms with Crippen LogP contribution in [-0.2, 0) is 0 Å². The number of hydrogen-bond acceptors (Lipinski definition) is 7. The lowest BCUT2D eigenvalue weighted by Gasteiger charge is -1.90. The van der Waals surface area contributed by atoms with Gasteiger partial charge in [-0.1, -0.05) is 0 Å². The Morgan fingerprint density at radius 3 is 2.94 bits per heavy atom. The molecule has 4 N–H and O–H groups in total. The SMILES string of the molecule is N/C(=N/N=C\c1ccco1)c1nonc1N. The van der Waals surface area contributed by atoms with Crippen LogP contribution in [0, 0.1) is 0 Å². The highest BCUT2D eigenvalue weighted by atomic mass is 16.6.